The zero-order valence-electron chi connectivity index (χ0n) is 11.4. The summed E-state index contributed by atoms with van der Waals surface area (Å²) in [6, 6.07) is 3.81. The molecule has 1 fully saturated rings. The van der Waals surface area contributed by atoms with Crippen LogP contribution in [0.4, 0.5) is 4.39 Å². The number of nitrogens with zero attached hydrogens (tertiary/aromatic N) is 1. The van der Waals surface area contributed by atoms with E-state index in [1.54, 1.807) is 6.07 Å². The summed E-state index contributed by atoms with van der Waals surface area (Å²) in [6.07, 6.45) is 3.26. The van der Waals surface area contributed by atoms with Gasteiger partial charge in [0.25, 0.3) is 0 Å². The van der Waals surface area contributed by atoms with Gasteiger partial charge in [0.05, 0.1) is 0 Å². The van der Waals surface area contributed by atoms with Crippen LogP contribution in [0.2, 0.25) is 0 Å². The van der Waals surface area contributed by atoms with Gasteiger partial charge in [-0.3, -0.25) is 4.90 Å². The fraction of sp³-hybridized carbons (Fsp3) is 0.600. The third-order valence-corrected chi connectivity index (χ3v) is 3.99. The fourth-order valence-electron chi connectivity index (χ4n) is 2.80. The molecule has 1 aromatic carbocycles. The number of aryl methyl sites for hydroxylation is 2. The Morgan fingerprint density at radius 3 is 2.44 bits per heavy atom. The maximum Gasteiger partial charge on any atom is 0.128 e. The molecule has 0 radical (unpaired) electrons. The van der Waals surface area contributed by atoms with Gasteiger partial charge < -0.3 is 5.73 Å². The molecule has 0 bridgehead atoms. The van der Waals surface area contributed by atoms with Gasteiger partial charge in [0.15, 0.2) is 0 Å². The second kappa shape index (κ2) is 5.81. The average Bonchev–Trinajstić information content (AvgIpc) is 2.85. The Kier molecular flexibility index (Phi) is 4.36. The van der Waals surface area contributed by atoms with Gasteiger partial charge in [-0.2, -0.15) is 0 Å². The normalized spacial score (nSPS) is 18.2. The van der Waals surface area contributed by atoms with Crippen LogP contribution in [0.15, 0.2) is 12.1 Å². The third kappa shape index (κ3) is 2.73. The maximum absolute atomic E-state index is 14.2. The highest BCUT2D eigenvalue weighted by Crippen LogP contribution is 2.30. The van der Waals surface area contributed by atoms with Crippen molar-refractivity contribution in [3.8, 4) is 0 Å². The largest absolute Gasteiger partial charge is 0.330 e. The molecule has 1 saturated heterocycles. The lowest BCUT2D eigenvalue weighted by Crippen LogP contribution is -2.28. The Labute approximate surface area is 109 Å². The van der Waals surface area contributed by atoms with Gasteiger partial charge in [-0.05, 0) is 69.9 Å². The molecule has 18 heavy (non-hydrogen) atoms. The minimum absolute atomic E-state index is 0.0801. The first-order valence-corrected chi connectivity index (χ1v) is 6.84. The van der Waals surface area contributed by atoms with E-state index < -0.39 is 0 Å². The zero-order chi connectivity index (χ0) is 13.1. The predicted molar refractivity (Wildman–Crippen MR) is 73.1 cm³/mol. The Bertz CT molecular complexity index is 411. The first kappa shape index (κ1) is 13.5. The molecular formula is C15H23FN2. The van der Waals surface area contributed by atoms with Crippen LogP contribution < -0.4 is 5.73 Å². The number of hydrogen-bond donors (Lipinski definition) is 1. The second-order valence-electron chi connectivity index (χ2n) is 5.29. The molecule has 2 rings (SSSR count). The van der Waals surface area contributed by atoms with E-state index in [0.29, 0.717) is 6.54 Å². The number of halogens is 1. The molecule has 0 aliphatic carbocycles. The van der Waals surface area contributed by atoms with E-state index in [4.69, 9.17) is 5.73 Å². The third-order valence-electron chi connectivity index (χ3n) is 3.99. The lowest BCUT2D eigenvalue weighted by atomic mass is 9.97. The summed E-state index contributed by atoms with van der Waals surface area (Å²) < 4.78 is 14.2. The average molecular weight is 250 g/mol. The molecule has 0 aromatic heterocycles. The smallest absolute Gasteiger partial charge is 0.128 e. The van der Waals surface area contributed by atoms with Crippen molar-refractivity contribution in [3.05, 3.63) is 34.6 Å². The number of nitrogens with two attached hydrogens (primary N) is 1. The topological polar surface area (TPSA) is 29.3 Å². The summed E-state index contributed by atoms with van der Waals surface area (Å²) >= 11 is 0. The molecule has 2 nitrogen and oxygen atoms in total. The van der Waals surface area contributed by atoms with Crippen LogP contribution in [0.1, 0.15) is 42.0 Å². The first-order chi connectivity index (χ1) is 8.63. The van der Waals surface area contributed by atoms with Crippen molar-refractivity contribution in [2.75, 3.05) is 19.6 Å². The number of benzene rings is 1. The molecular weight excluding hydrogens is 227 g/mol. The van der Waals surface area contributed by atoms with Gasteiger partial charge in [-0.25, -0.2) is 4.39 Å². The van der Waals surface area contributed by atoms with Gasteiger partial charge >= 0.3 is 0 Å². The molecule has 1 heterocycles. The van der Waals surface area contributed by atoms with Crippen LogP contribution >= 0.6 is 0 Å². The fourth-order valence-corrected chi connectivity index (χ4v) is 2.80. The van der Waals surface area contributed by atoms with Crippen LogP contribution in [0.3, 0.4) is 0 Å². The molecule has 1 atom stereocenters. The summed E-state index contributed by atoms with van der Waals surface area (Å²) in [5, 5.41) is 0. The summed E-state index contributed by atoms with van der Waals surface area (Å²) in [5.41, 5.74) is 8.71. The molecule has 1 unspecified atom stereocenters. The van der Waals surface area contributed by atoms with E-state index >= 15 is 0 Å². The van der Waals surface area contributed by atoms with Gasteiger partial charge in [0.2, 0.25) is 0 Å². The highest BCUT2D eigenvalue weighted by atomic mass is 19.1. The summed E-state index contributed by atoms with van der Waals surface area (Å²) in [5.74, 6) is -0.0801. The van der Waals surface area contributed by atoms with Gasteiger partial charge in [-0.15, -0.1) is 0 Å². The highest BCUT2D eigenvalue weighted by molar-refractivity contribution is 5.33. The van der Waals surface area contributed by atoms with Crippen LogP contribution in [0.5, 0.6) is 0 Å². The Morgan fingerprint density at radius 2 is 1.83 bits per heavy atom. The molecule has 0 amide bonds. The van der Waals surface area contributed by atoms with Crippen molar-refractivity contribution >= 4 is 0 Å². The first-order valence-electron chi connectivity index (χ1n) is 6.84. The van der Waals surface area contributed by atoms with Crippen LogP contribution in [0.25, 0.3) is 0 Å². The molecule has 0 spiro atoms. The molecule has 1 aliphatic rings. The van der Waals surface area contributed by atoms with E-state index in [0.717, 1.165) is 36.2 Å². The SMILES string of the molecule is Cc1cc(F)c(C(CCN)N2CCCC2)cc1C. The molecule has 100 valence electrons. The van der Waals surface area contributed by atoms with Crippen molar-refractivity contribution in [3.63, 3.8) is 0 Å². The quantitative estimate of drug-likeness (QED) is 0.890. The van der Waals surface area contributed by atoms with Crippen LogP contribution in [-0.4, -0.2) is 24.5 Å². The van der Waals surface area contributed by atoms with Crippen molar-refractivity contribution in [1.82, 2.24) is 4.90 Å². The predicted octanol–water partition coefficient (Wildman–Crippen LogP) is 2.93. The van der Waals surface area contributed by atoms with E-state index in [9.17, 15) is 4.39 Å². The minimum atomic E-state index is -0.0801. The van der Waals surface area contributed by atoms with E-state index in [-0.39, 0.29) is 11.9 Å². The minimum Gasteiger partial charge on any atom is -0.330 e. The maximum atomic E-state index is 14.2. The molecule has 1 aliphatic heterocycles. The van der Waals surface area contributed by atoms with Crippen LogP contribution in [0, 0.1) is 19.7 Å². The molecule has 1 aromatic rings. The molecule has 3 heteroatoms. The van der Waals surface area contributed by atoms with Crippen molar-refractivity contribution in [1.29, 1.82) is 0 Å². The van der Waals surface area contributed by atoms with Gasteiger partial charge in [0.1, 0.15) is 5.82 Å². The van der Waals surface area contributed by atoms with Crippen molar-refractivity contribution in [2.24, 2.45) is 5.73 Å². The monoisotopic (exact) mass is 250 g/mol. The standard InChI is InChI=1S/C15H23FN2/c1-11-9-13(14(16)10-12(11)2)15(5-6-17)18-7-3-4-8-18/h9-10,15H,3-8,17H2,1-2H3. The van der Waals surface area contributed by atoms with Crippen LogP contribution in [-0.2, 0) is 0 Å². The lowest BCUT2D eigenvalue weighted by Gasteiger charge is -2.28. The Hall–Kier alpha value is -0.930. The summed E-state index contributed by atoms with van der Waals surface area (Å²) in [7, 11) is 0. The summed E-state index contributed by atoms with van der Waals surface area (Å²) in [6.45, 7) is 6.74. The van der Waals surface area contributed by atoms with E-state index in [2.05, 4.69) is 4.90 Å². The zero-order valence-corrected chi connectivity index (χ0v) is 11.4. The van der Waals surface area contributed by atoms with E-state index in [1.807, 2.05) is 19.9 Å². The van der Waals surface area contributed by atoms with E-state index in [1.165, 1.54) is 12.8 Å². The lowest BCUT2D eigenvalue weighted by molar-refractivity contribution is 0.230. The summed E-state index contributed by atoms with van der Waals surface area (Å²) in [4.78, 5) is 2.38. The molecule has 2 N–H and O–H groups in total. The van der Waals surface area contributed by atoms with Gasteiger partial charge in [0, 0.05) is 11.6 Å². The van der Waals surface area contributed by atoms with Gasteiger partial charge in [-0.1, -0.05) is 6.07 Å². The molecule has 0 saturated carbocycles. The number of hydrogen-bond acceptors (Lipinski definition) is 2. The highest BCUT2D eigenvalue weighted by Gasteiger charge is 2.25. The second-order valence-corrected chi connectivity index (χ2v) is 5.29. The Balaban J connectivity index is 2.32. The van der Waals surface area contributed by atoms with Crippen molar-refractivity contribution < 1.29 is 4.39 Å². The van der Waals surface area contributed by atoms with Crippen molar-refractivity contribution in [2.45, 2.75) is 39.2 Å². The number of likely N-dealkylation sites (tertiary alicyclic amines) is 1. The number of rotatable bonds is 4. The Morgan fingerprint density at radius 1 is 1.22 bits per heavy atom.